The van der Waals surface area contributed by atoms with Gasteiger partial charge in [0.05, 0.1) is 14.2 Å². The molecule has 1 fully saturated rings. The summed E-state index contributed by atoms with van der Waals surface area (Å²) in [5.41, 5.74) is 2.21. The van der Waals surface area contributed by atoms with Crippen molar-refractivity contribution in [3.8, 4) is 17.2 Å². The number of hydrogen-bond donors (Lipinski definition) is 0. The smallest absolute Gasteiger partial charge is 0.340 e. The average molecular weight is 470 g/mol. The van der Waals surface area contributed by atoms with Crippen LogP contribution >= 0.6 is 0 Å². The number of hydrogen-bond acceptors (Lipinski definition) is 8. The molecule has 174 valence electrons. The number of anilines is 1. The molecule has 0 bridgehead atoms. The standard InChI is InChI=1S/C24H27N3O5S/c1-30-23-10-5-19(16-24(23)31-2)18-26-12-14-27(15-13-26)20-6-8-21(9-7-20)32-33(28,29)22-4-3-11-25-17-22/h3-11,16-17H,12-15,18H2,1-2H3. The molecule has 0 radical (unpaired) electrons. The summed E-state index contributed by atoms with van der Waals surface area (Å²) in [6, 6.07) is 16.2. The largest absolute Gasteiger partial charge is 0.493 e. The van der Waals surface area contributed by atoms with Gasteiger partial charge in [-0.15, -0.1) is 0 Å². The molecular formula is C24H27N3O5S. The predicted octanol–water partition coefficient (Wildman–Crippen LogP) is 3.19. The van der Waals surface area contributed by atoms with Crippen molar-refractivity contribution in [1.29, 1.82) is 0 Å². The van der Waals surface area contributed by atoms with Crippen molar-refractivity contribution in [3.05, 3.63) is 72.6 Å². The Balaban J connectivity index is 1.33. The zero-order valence-corrected chi connectivity index (χ0v) is 19.5. The molecule has 33 heavy (non-hydrogen) atoms. The number of ether oxygens (including phenoxy) is 2. The van der Waals surface area contributed by atoms with Crippen molar-refractivity contribution < 1.29 is 22.1 Å². The lowest BCUT2D eigenvalue weighted by atomic mass is 10.1. The molecule has 0 N–H and O–H groups in total. The summed E-state index contributed by atoms with van der Waals surface area (Å²) in [5, 5.41) is 0. The van der Waals surface area contributed by atoms with Gasteiger partial charge in [0, 0.05) is 50.8 Å². The molecule has 1 aromatic heterocycles. The van der Waals surface area contributed by atoms with Crippen molar-refractivity contribution >= 4 is 15.8 Å². The molecule has 8 nitrogen and oxygen atoms in total. The molecule has 0 spiro atoms. The quantitative estimate of drug-likeness (QED) is 0.466. The molecule has 1 saturated heterocycles. The van der Waals surface area contributed by atoms with Crippen LogP contribution in [0.4, 0.5) is 5.69 Å². The maximum Gasteiger partial charge on any atom is 0.340 e. The van der Waals surface area contributed by atoms with Gasteiger partial charge in [-0.1, -0.05) is 6.07 Å². The minimum absolute atomic E-state index is 0.0275. The minimum Gasteiger partial charge on any atom is -0.493 e. The Labute approximate surface area is 194 Å². The maximum atomic E-state index is 12.4. The highest BCUT2D eigenvalue weighted by Gasteiger charge is 2.20. The van der Waals surface area contributed by atoms with E-state index in [2.05, 4.69) is 20.9 Å². The summed E-state index contributed by atoms with van der Waals surface area (Å²) >= 11 is 0. The molecular weight excluding hydrogens is 442 g/mol. The van der Waals surface area contributed by atoms with E-state index in [4.69, 9.17) is 13.7 Å². The van der Waals surface area contributed by atoms with Gasteiger partial charge < -0.3 is 18.6 Å². The zero-order chi connectivity index (χ0) is 23.3. The molecule has 9 heteroatoms. The number of nitrogens with zero attached hydrogens (tertiary/aromatic N) is 3. The van der Waals surface area contributed by atoms with Gasteiger partial charge >= 0.3 is 10.1 Å². The number of benzene rings is 2. The third kappa shape index (κ3) is 5.55. The van der Waals surface area contributed by atoms with Crippen LogP contribution in [0.5, 0.6) is 17.2 Å². The van der Waals surface area contributed by atoms with Crippen molar-refractivity contribution in [2.45, 2.75) is 11.4 Å². The van der Waals surface area contributed by atoms with E-state index in [-0.39, 0.29) is 10.6 Å². The van der Waals surface area contributed by atoms with Gasteiger partial charge in [-0.2, -0.15) is 8.42 Å². The SMILES string of the molecule is COc1ccc(CN2CCN(c3ccc(OS(=O)(=O)c4cccnc4)cc3)CC2)cc1OC. The van der Waals surface area contributed by atoms with Crippen molar-refractivity contribution in [1.82, 2.24) is 9.88 Å². The molecule has 4 rings (SSSR count). The lowest BCUT2D eigenvalue weighted by molar-refractivity contribution is 0.249. The van der Waals surface area contributed by atoms with Crippen LogP contribution in [0.1, 0.15) is 5.56 Å². The minimum atomic E-state index is -3.90. The maximum absolute atomic E-state index is 12.4. The Morgan fingerprint density at radius 2 is 1.64 bits per heavy atom. The fraction of sp³-hybridized carbons (Fsp3) is 0.292. The highest BCUT2D eigenvalue weighted by molar-refractivity contribution is 7.87. The molecule has 0 atom stereocenters. The van der Waals surface area contributed by atoms with Gasteiger partial charge in [-0.3, -0.25) is 9.88 Å². The Morgan fingerprint density at radius 1 is 0.909 bits per heavy atom. The van der Waals surface area contributed by atoms with Crippen LogP contribution in [0.2, 0.25) is 0 Å². The molecule has 0 amide bonds. The molecule has 1 aliphatic heterocycles. The fourth-order valence-electron chi connectivity index (χ4n) is 3.78. The summed E-state index contributed by atoms with van der Waals surface area (Å²) in [5.74, 6) is 1.74. The van der Waals surface area contributed by atoms with E-state index in [0.717, 1.165) is 49.9 Å². The summed E-state index contributed by atoms with van der Waals surface area (Å²) in [6.45, 7) is 4.43. The predicted molar refractivity (Wildman–Crippen MR) is 126 cm³/mol. The van der Waals surface area contributed by atoms with Gasteiger partial charge in [-0.05, 0) is 54.1 Å². The van der Waals surface area contributed by atoms with Gasteiger partial charge in [0.15, 0.2) is 11.5 Å². The Morgan fingerprint density at radius 3 is 2.27 bits per heavy atom. The van der Waals surface area contributed by atoms with Crippen LogP contribution in [0.15, 0.2) is 71.9 Å². The molecule has 2 heterocycles. The Kier molecular flexibility index (Phi) is 7.00. The molecule has 0 aliphatic carbocycles. The first-order chi connectivity index (χ1) is 16.0. The van der Waals surface area contributed by atoms with Gasteiger partial charge in [0.1, 0.15) is 10.6 Å². The second-order valence-corrected chi connectivity index (χ2v) is 9.22. The van der Waals surface area contributed by atoms with Crippen LogP contribution in [0.25, 0.3) is 0 Å². The van der Waals surface area contributed by atoms with E-state index in [9.17, 15) is 8.42 Å². The first-order valence-electron chi connectivity index (χ1n) is 10.6. The second kappa shape index (κ2) is 10.1. The number of methoxy groups -OCH3 is 2. The summed E-state index contributed by atoms with van der Waals surface area (Å²) in [7, 11) is -0.619. The first kappa shape index (κ1) is 22.9. The Bertz CT molecular complexity index is 1160. The van der Waals surface area contributed by atoms with Gasteiger partial charge in [-0.25, -0.2) is 0 Å². The number of piperazine rings is 1. The lowest BCUT2D eigenvalue weighted by Gasteiger charge is -2.36. The Hall–Kier alpha value is -3.30. The van der Waals surface area contributed by atoms with E-state index in [0.29, 0.717) is 0 Å². The van der Waals surface area contributed by atoms with Crippen molar-refractivity contribution in [2.75, 3.05) is 45.3 Å². The summed E-state index contributed by atoms with van der Waals surface area (Å²) in [6.07, 6.45) is 2.78. The highest BCUT2D eigenvalue weighted by Crippen LogP contribution is 2.28. The topological polar surface area (TPSA) is 81.2 Å². The van der Waals surface area contributed by atoms with Crippen LogP contribution < -0.4 is 18.6 Å². The monoisotopic (exact) mass is 469 g/mol. The average Bonchev–Trinajstić information content (AvgIpc) is 2.85. The van der Waals surface area contributed by atoms with Crippen LogP contribution in [0, 0.1) is 0 Å². The normalized spacial score (nSPS) is 14.7. The van der Waals surface area contributed by atoms with Crippen LogP contribution in [-0.2, 0) is 16.7 Å². The van der Waals surface area contributed by atoms with E-state index in [1.54, 1.807) is 32.4 Å². The lowest BCUT2D eigenvalue weighted by Crippen LogP contribution is -2.45. The van der Waals surface area contributed by atoms with E-state index >= 15 is 0 Å². The van der Waals surface area contributed by atoms with Crippen LogP contribution in [0.3, 0.4) is 0 Å². The first-order valence-corrected chi connectivity index (χ1v) is 12.0. The van der Waals surface area contributed by atoms with Gasteiger partial charge in [0.25, 0.3) is 0 Å². The van der Waals surface area contributed by atoms with Gasteiger partial charge in [0.2, 0.25) is 0 Å². The number of rotatable bonds is 8. The summed E-state index contributed by atoms with van der Waals surface area (Å²) in [4.78, 5) is 8.54. The van der Waals surface area contributed by atoms with Crippen molar-refractivity contribution in [2.24, 2.45) is 0 Å². The van der Waals surface area contributed by atoms with E-state index in [1.165, 1.54) is 24.0 Å². The van der Waals surface area contributed by atoms with Crippen LogP contribution in [-0.4, -0.2) is 58.7 Å². The highest BCUT2D eigenvalue weighted by atomic mass is 32.2. The molecule has 3 aromatic rings. The fourth-order valence-corrected chi connectivity index (χ4v) is 4.68. The number of aromatic nitrogens is 1. The third-order valence-electron chi connectivity index (χ3n) is 5.56. The molecule has 2 aromatic carbocycles. The van der Waals surface area contributed by atoms with E-state index < -0.39 is 10.1 Å². The van der Waals surface area contributed by atoms with Crippen molar-refractivity contribution in [3.63, 3.8) is 0 Å². The summed E-state index contributed by atoms with van der Waals surface area (Å²) < 4.78 is 40.7. The zero-order valence-electron chi connectivity index (χ0n) is 18.7. The molecule has 0 saturated carbocycles. The molecule has 0 unspecified atom stereocenters. The third-order valence-corrected chi connectivity index (χ3v) is 6.79. The number of pyridine rings is 1. The van der Waals surface area contributed by atoms with E-state index in [1.807, 2.05) is 24.3 Å². The molecule has 1 aliphatic rings. The second-order valence-electron chi connectivity index (χ2n) is 7.67.